The largest absolute Gasteiger partial charge is 0.391 e. The molecule has 40 heavy (non-hydrogen) atoms. The molecule has 1 saturated carbocycles. The second kappa shape index (κ2) is 15.3. The summed E-state index contributed by atoms with van der Waals surface area (Å²) in [5.74, 6) is -0.472. The van der Waals surface area contributed by atoms with E-state index in [0.717, 1.165) is 31.2 Å². The molecule has 10 nitrogen and oxygen atoms in total. The lowest BCUT2D eigenvalue weighted by molar-refractivity contribution is -0.128. The lowest BCUT2D eigenvalue weighted by Crippen LogP contribution is -2.55. The van der Waals surface area contributed by atoms with Crippen LogP contribution in [-0.2, 0) is 16.0 Å². The van der Waals surface area contributed by atoms with E-state index in [0.29, 0.717) is 38.3 Å². The molecule has 4 amide bonds. The molecule has 0 unspecified atom stereocenters. The van der Waals surface area contributed by atoms with Gasteiger partial charge in [-0.2, -0.15) is 0 Å². The number of amides is 4. The van der Waals surface area contributed by atoms with Crippen LogP contribution < -0.4 is 21.7 Å². The van der Waals surface area contributed by atoms with Crippen LogP contribution in [0.3, 0.4) is 0 Å². The molecule has 3 rings (SSSR count). The molecular formula is C30H49N5O5. The van der Waals surface area contributed by atoms with Crippen molar-refractivity contribution >= 4 is 17.8 Å². The number of hydrogen-bond acceptors (Lipinski definition) is 6. The van der Waals surface area contributed by atoms with Gasteiger partial charge in [0.2, 0.25) is 11.8 Å². The topological polar surface area (TPSA) is 157 Å². The highest BCUT2D eigenvalue weighted by Gasteiger charge is 2.31. The van der Waals surface area contributed by atoms with Gasteiger partial charge >= 0.3 is 6.03 Å². The lowest BCUT2D eigenvalue weighted by Gasteiger charge is -2.32. The number of carbonyl (C=O) groups excluding carboxylic acids is 3. The standard InChI is InChI=1S/C30H49N5O5/c1-30(2,40)19-26(36)24(17-21-9-5-3-6-10-21)33-27(37)20-32-28(38)25(18-22-11-7-4-8-12-22)34-29(39)35-15-13-23(31)14-16-35/h4,7-8,11-12,21,23-26,36,40H,3,5-6,9-10,13-20,31H2,1-2H3,(H,32,38)(H,33,37)(H,34,39)/t24-,25-,26-/m0/s1. The van der Waals surface area contributed by atoms with E-state index in [-0.39, 0.29) is 31.5 Å². The van der Waals surface area contributed by atoms with Gasteiger partial charge in [-0.25, -0.2) is 4.79 Å². The summed E-state index contributed by atoms with van der Waals surface area (Å²) in [6.07, 6.45) is 7.15. The SMILES string of the molecule is CC(C)(O)C[C@H](O)[C@H](CC1CCCCC1)NC(=O)CNC(=O)[C@H](Cc1ccccc1)NC(=O)N1CCC(N)CC1. The summed E-state index contributed by atoms with van der Waals surface area (Å²) in [4.78, 5) is 40.8. The van der Waals surface area contributed by atoms with Gasteiger partial charge in [0.15, 0.2) is 0 Å². The summed E-state index contributed by atoms with van der Waals surface area (Å²) in [6.45, 7) is 4.05. The fourth-order valence-corrected chi connectivity index (χ4v) is 5.70. The van der Waals surface area contributed by atoms with Gasteiger partial charge in [-0.05, 0) is 44.6 Å². The van der Waals surface area contributed by atoms with Crippen molar-refractivity contribution in [3.63, 3.8) is 0 Å². The minimum Gasteiger partial charge on any atom is -0.391 e. The second-order valence-corrected chi connectivity index (χ2v) is 12.2. The number of rotatable bonds is 12. The number of likely N-dealkylation sites (tertiary alicyclic amines) is 1. The first-order chi connectivity index (χ1) is 19.0. The van der Waals surface area contributed by atoms with Gasteiger partial charge in [0.05, 0.1) is 24.3 Å². The van der Waals surface area contributed by atoms with E-state index in [1.165, 1.54) is 6.42 Å². The molecule has 1 aliphatic carbocycles. The molecule has 0 spiro atoms. The average Bonchev–Trinajstić information content (AvgIpc) is 2.91. The van der Waals surface area contributed by atoms with Crippen LogP contribution in [-0.4, -0.2) is 82.4 Å². The molecule has 0 aromatic heterocycles. The maximum atomic E-state index is 13.2. The van der Waals surface area contributed by atoms with Crippen LogP contribution in [0.2, 0.25) is 0 Å². The highest BCUT2D eigenvalue weighted by Crippen LogP contribution is 2.29. The third-order valence-electron chi connectivity index (χ3n) is 7.98. The fraction of sp³-hybridized carbons (Fsp3) is 0.700. The molecule has 3 atom stereocenters. The molecule has 1 saturated heterocycles. The summed E-state index contributed by atoms with van der Waals surface area (Å²) < 4.78 is 0. The van der Waals surface area contributed by atoms with Crippen molar-refractivity contribution in [3.05, 3.63) is 35.9 Å². The van der Waals surface area contributed by atoms with Gasteiger partial charge in [-0.1, -0.05) is 62.4 Å². The summed E-state index contributed by atoms with van der Waals surface area (Å²) >= 11 is 0. The van der Waals surface area contributed by atoms with Crippen molar-refractivity contribution in [2.24, 2.45) is 11.7 Å². The Labute approximate surface area is 238 Å². The third-order valence-corrected chi connectivity index (χ3v) is 7.98. The number of nitrogens with one attached hydrogen (secondary N) is 3. The molecule has 10 heteroatoms. The van der Waals surface area contributed by atoms with Crippen LogP contribution in [0.4, 0.5) is 4.79 Å². The van der Waals surface area contributed by atoms with E-state index in [1.807, 2.05) is 30.3 Å². The van der Waals surface area contributed by atoms with Crippen molar-refractivity contribution in [2.75, 3.05) is 19.6 Å². The molecule has 2 aliphatic rings. The third kappa shape index (κ3) is 11.1. The molecule has 1 aromatic carbocycles. The number of piperidine rings is 1. The van der Waals surface area contributed by atoms with E-state index in [1.54, 1.807) is 18.7 Å². The summed E-state index contributed by atoms with van der Waals surface area (Å²) in [5, 5.41) is 29.5. The fourth-order valence-electron chi connectivity index (χ4n) is 5.70. The van der Waals surface area contributed by atoms with E-state index in [2.05, 4.69) is 16.0 Å². The molecule has 224 valence electrons. The highest BCUT2D eigenvalue weighted by molar-refractivity contribution is 5.90. The minimum absolute atomic E-state index is 0.0786. The van der Waals surface area contributed by atoms with E-state index < -0.39 is 35.6 Å². The molecule has 0 bridgehead atoms. The zero-order valence-corrected chi connectivity index (χ0v) is 24.1. The molecule has 0 radical (unpaired) electrons. The van der Waals surface area contributed by atoms with E-state index in [9.17, 15) is 24.6 Å². The first kappa shape index (κ1) is 31.8. The second-order valence-electron chi connectivity index (χ2n) is 12.2. The number of benzene rings is 1. The summed E-state index contributed by atoms with van der Waals surface area (Å²) in [5.41, 5.74) is 5.77. The van der Waals surface area contributed by atoms with Gasteiger partial charge in [0, 0.05) is 32.0 Å². The van der Waals surface area contributed by atoms with Crippen LogP contribution in [0.5, 0.6) is 0 Å². The van der Waals surface area contributed by atoms with Crippen molar-refractivity contribution < 1.29 is 24.6 Å². The van der Waals surface area contributed by atoms with Gasteiger partial charge in [0.25, 0.3) is 0 Å². The molecular weight excluding hydrogens is 510 g/mol. The zero-order valence-electron chi connectivity index (χ0n) is 24.1. The van der Waals surface area contributed by atoms with Crippen molar-refractivity contribution in [1.29, 1.82) is 0 Å². The Morgan fingerprint density at radius 1 is 1.02 bits per heavy atom. The van der Waals surface area contributed by atoms with Gasteiger partial charge in [-0.3, -0.25) is 9.59 Å². The first-order valence-electron chi connectivity index (χ1n) is 14.8. The van der Waals surface area contributed by atoms with Gasteiger partial charge in [-0.15, -0.1) is 0 Å². The number of nitrogens with two attached hydrogens (primary N) is 1. The van der Waals surface area contributed by atoms with Crippen LogP contribution in [0.15, 0.2) is 30.3 Å². The van der Waals surface area contributed by atoms with Gasteiger partial charge in [0.1, 0.15) is 6.04 Å². The Kier molecular flexibility index (Phi) is 12.2. The van der Waals surface area contributed by atoms with Crippen LogP contribution in [0.25, 0.3) is 0 Å². The predicted molar refractivity (Wildman–Crippen MR) is 154 cm³/mol. The maximum absolute atomic E-state index is 13.2. The average molecular weight is 560 g/mol. The number of hydrogen-bond donors (Lipinski definition) is 6. The number of carbonyl (C=O) groups is 3. The smallest absolute Gasteiger partial charge is 0.318 e. The Morgan fingerprint density at radius 3 is 2.30 bits per heavy atom. The van der Waals surface area contributed by atoms with Crippen molar-refractivity contribution in [2.45, 2.75) is 108 Å². The molecule has 2 fully saturated rings. The van der Waals surface area contributed by atoms with E-state index in [4.69, 9.17) is 5.73 Å². The zero-order chi connectivity index (χ0) is 29.1. The van der Waals surface area contributed by atoms with Crippen molar-refractivity contribution in [3.8, 4) is 0 Å². The highest BCUT2D eigenvalue weighted by atomic mass is 16.3. The Bertz CT molecular complexity index is 940. The summed E-state index contributed by atoms with van der Waals surface area (Å²) in [6, 6.07) is 7.77. The first-order valence-corrected chi connectivity index (χ1v) is 14.8. The molecule has 1 aromatic rings. The number of nitrogens with zero attached hydrogens (tertiary/aromatic N) is 1. The summed E-state index contributed by atoms with van der Waals surface area (Å²) in [7, 11) is 0. The van der Waals surface area contributed by atoms with Crippen LogP contribution in [0, 0.1) is 5.92 Å². The lowest BCUT2D eigenvalue weighted by atomic mass is 9.82. The quantitative estimate of drug-likeness (QED) is 0.229. The molecule has 1 aliphatic heterocycles. The predicted octanol–water partition coefficient (Wildman–Crippen LogP) is 1.82. The normalized spacial score (nSPS) is 19.4. The Morgan fingerprint density at radius 2 is 1.68 bits per heavy atom. The Balaban J connectivity index is 1.60. The number of aliphatic hydroxyl groups excluding tert-OH is 1. The molecule has 7 N–H and O–H groups in total. The Hall–Kier alpha value is -2.69. The number of aliphatic hydroxyl groups is 2. The van der Waals surface area contributed by atoms with Crippen molar-refractivity contribution in [1.82, 2.24) is 20.9 Å². The van der Waals surface area contributed by atoms with Gasteiger partial charge < -0.3 is 36.8 Å². The molecule has 1 heterocycles. The number of urea groups is 1. The van der Waals surface area contributed by atoms with Crippen LogP contribution in [0.1, 0.15) is 77.2 Å². The maximum Gasteiger partial charge on any atom is 0.318 e. The monoisotopic (exact) mass is 559 g/mol. The minimum atomic E-state index is -1.08. The van der Waals surface area contributed by atoms with Crippen LogP contribution >= 0.6 is 0 Å². The van der Waals surface area contributed by atoms with E-state index >= 15 is 0 Å².